The highest BCUT2D eigenvalue weighted by Gasteiger charge is 2.32. The summed E-state index contributed by atoms with van der Waals surface area (Å²) in [5.74, 6) is -0.420. The Morgan fingerprint density at radius 2 is 1.78 bits per heavy atom. The first-order valence-corrected chi connectivity index (χ1v) is 13.7. The molecular weight excluding hydrogens is 500 g/mol. The van der Waals surface area contributed by atoms with Gasteiger partial charge in [0.25, 0.3) is 5.69 Å². The molecule has 37 heavy (non-hydrogen) atoms. The molecule has 0 unspecified atom stereocenters. The van der Waals surface area contributed by atoms with Crippen molar-refractivity contribution in [3.63, 3.8) is 0 Å². The number of ether oxygens (including phenoxy) is 1. The molecule has 0 aliphatic carbocycles. The van der Waals surface area contributed by atoms with Crippen LogP contribution in [0.3, 0.4) is 0 Å². The molecule has 2 atom stereocenters. The topological polar surface area (TPSA) is 139 Å². The van der Waals surface area contributed by atoms with Gasteiger partial charge in [-0.2, -0.15) is 0 Å². The summed E-state index contributed by atoms with van der Waals surface area (Å²) in [5.41, 5.74) is 0.346. The van der Waals surface area contributed by atoms with Crippen LogP contribution in [-0.2, 0) is 26.2 Å². The fraction of sp³-hybridized carbons (Fsp3) is 0.440. The predicted molar refractivity (Wildman–Crippen MR) is 141 cm³/mol. The van der Waals surface area contributed by atoms with Crippen molar-refractivity contribution in [1.29, 1.82) is 0 Å². The smallest absolute Gasteiger partial charge is 0.271 e. The molecule has 12 heteroatoms. The molecule has 0 heterocycles. The molecular formula is C25H34N4O7S. The lowest BCUT2D eigenvalue weighted by Gasteiger charge is -2.33. The second-order valence-electron chi connectivity index (χ2n) is 8.66. The first-order chi connectivity index (χ1) is 17.4. The van der Waals surface area contributed by atoms with Gasteiger partial charge in [0.1, 0.15) is 18.3 Å². The molecule has 0 saturated heterocycles. The number of rotatable bonds is 13. The van der Waals surface area contributed by atoms with Crippen molar-refractivity contribution in [2.45, 2.75) is 52.2 Å². The second kappa shape index (κ2) is 13.0. The number of nitrogens with zero attached hydrogens (tertiary/aromatic N) is 3. The zero-order chi connectivity index (χ0) is 27.8. The van der Waals surface area contributed by atoms with Crippen LogP contribution in [0.25, 0.3) is 0 Å². The number of sulfonamides is 1. The summed E-state index contributed by atoms with van der Waals surface area (Å²) in [4.78, 5) is 38.7. The van der Waals surface area contributed by atoms with Gasteiger partial charge in [-0.1, -0.05) is 32.0 Å². The van der Waals surface area contributed by atoms with E-state index in [1.54, 1.807) is 31.2 Å². The van der Waals surface area contributed by atoms with Crippen LogP contribution < -0.4 is 14.4 Å². The number of carbonyl (C=O) groups excluding carboxylic acids is 2. The van der Waals surface area contributed by atoms with Crippen LogP contribution in [0.15, 0.2) is 48.5 Å². The van der Waals surface area contributed by atoms with Gasteiger partial charge in [0.15, 0.2) is 0 Å². The fourth-order valence-electron chi connectivity index (χ4n) is 3.70. The SMILES string of the molecule is CC[C@@H](C)NC(=O)[C@@H](CC)N(Cc1cccc(OC)c1)C(=O)CN(c1cccc([N+](=O)[O-])c1)S(C)(=O)=O. The molecule has 0 aliphatic rings. The number of nitro benzene ring substituents is 1. The van der Waals surface area contributed by atoms with Crippen molar-refractivity contribution in [3.8, 4) is 5.75 Å². The minimum atomic E-state index is -4.01. The van der Waals surface area contributed by atoms with Crippen LogP contribution in [-0.4, -0.2) is 62.0 Å². The Labute approximate surface area is 217 Å². The Morgan fingerprint density at radius 1 is 1.11 bits per heavy atom. The van der Waals surface area contributed by atoms with Gasteiger partial charge in [-0.25, -0.2) is 8.42 Å². The fourth-order valence-corrected chi connectivity index (χ4v) is 4.54. The molecule has 2 amide bonds. The van der Waals surface area contributed by atoms with Gasteiger partial charge >= 0.3 is 0 Å². The van der Waals surface area contributed by atoms with Crippen molar-refractivity contribution < 1.29 is 27.7 Å². The molecule has 0 aromatic heterocycles. The van der Waals surface area contributed by atoms with E-state index < -0.39 is 33.4 Å². The third-order valence-electron chi connectivity index (χ3n) is 5.88. The molecule has 0 fully saturated rings. The van der Waals surface area contributed by atoms with Crippen LogP contribution in [0.1, 0.15) is 39.2 Å². The second-order valence-corrected chi connectivity index (χ2v) is 10.6. The average molecular weight is 535 g/mol. The lowest BCUT2D eigenvalue weighted by atomic mass is 10.1. The van der Waals surface area contributed by atoms with Crippen LogP contribution in [0.5, 0.6) is 5.75 Å². The van der Waals surface area contributed by atoms with E-state index in [9.17, 15) is 28.1 Å². The van der Waals surface area contributed by atoms with Crippen molar-refractivity contribution in [2.75, 3.05) is 24.2 Å². The molecule has 0 bridgehead atoms. The third-order valence-corrected chi connectivity index (χ3v) is 7.02. The minimum Gasteiger partial charge on any atom is -0.497 e. The minimum absolute atomic E-state index is 0.0228. The van der Waals surface area contributed by atoms with Crippen molar-refractivity contribution >= 4 is 33.2 Å². The lowest BCUT2D eigenvalue weighted by molar-refractivity contribution is -0.384. The Balaban J connectivity index is 2.49. The van der Waals surface area contributed by atoms with E-state index >= 15 is 0 Å². The molecule has 0 spiro atoms. The van der Waals surface area contributed by atoms with Crippen molar-refractivity contribution in [1.82, 2.24) is 10.2 Å². The predicted octanol–water partition coefficient (Wildman–Crippen LogP) is 3.09. The maximum absolute atomic E-state index is 13.7. The van der Waals surface area contributed by atoms with E-state index in [4.69, 9.17) is 4.74 Å². The van der Waals surface area contributed by atoms with Gasteiger partial charge < -0.3 is 15.0 Å². The largest absolute Gasteiger partial charge is 0.497 e. The number of hydrogen-bond acceptors (Lipinski definition) is 7. The van der Waals surface area contributed by atoms with Crippen molar-refractivity contribution in [3.05, 3.63) is 64.2 Å². The van der Waals surface area contributed by atoms with Gasteiger partial charge in [0.2, 0.25) is 21.8 Å². The summed E-state index contributed by atoms with van der Waals surface area (Å²) in [6.07, 6.45) is 1.90. The van der Waals surface area contributed by atoms with Gasteiger partial charge in [-0.05, 0) is 43.5 Å². The molecule has 2 aromatic carbocycles. The maximum atomic E-state index is 13.7. The number of hydrogen-bond donors (Lipinski definition) is 1. The Hall–Kier alpha value is -3.67. The summed E-state index contributed by atoms with van der Waals surface area (Å²) in [6.45, 7) is 4.92. The number of nitrogens with one attached hydrogen (secondary N) is 1. The van der Waals surface area contributed by atoms with Gasteiger partial charge in [-0.15, -0.1) is 0 Å². The molecule has 1 N–H and O–H groups in total. The van der Waals surface area contributed by atoms with Crippen LogP contribution in [0.2, 0.25) is 0 Å². The third kappa shape index (κ3) is 8.17. The van der Waals surface area contributed by atoms with E-state index in [0.29, 0.717) is 17.7 Å². The molecule has 2 aromatic rings. The zero-order valence-corrected chi connectivity index (χ0v) is 22.5. The number of anilines is 1. The van der Waals surface area contributed by atoms with E-state index in [-0.39, 0.29) is 36.3 Å². The number of methoxy groups -OCH3 is 1. The number of nitro groups is 1. The monoisotopic (exact) mass is 534 g/mol. The number of non-ortho nitro benzene ring substituents is 1. The lowest BCUT2D eigenvalue weighted by Crippen LogP contribution is -2.53. The number of carbonyl (C=O) groups is 2. The highest BCUT2D eigenvalue weighted by atomic mass is 32.2. The van der Waals surface area contributed by atoms with Crippen LogP contribution >= 0.6 is 0 Å². The van der Waals surface area contributed by atoms with E-state index in [1.807, 2.05) is 13.8 Å². The van der Waals surface area contributed by atoms with Gasteiger partial charge in [-0.3, -0.25) is 24.0 Å². The molecule has 202 valence electrons. The Bertz CT molecular complexity index is 1220. The summed E-state index contributed by atoms with van der Waals surface area (Å²) in [7, 11) is -2.49. The summed E-state index contributed by atoms with van der Waals surface area (Å²) in [6, 6.07) is 11.1. The van der Waals surface area contributed by atoms with E-state index in [2.05, 4.69) is 5.32 Å². The number of benzene rings is 2. The van der Waals surface area contributed by atoms with E-state index in [1.165, 1.54) is 30.2 Å². The summed E-state index contributed by atoms with van der Waals surface area (Å²) >= 11 is 0. The highest BCUT2D eigenvalue weighted by Crippen LogP contribution is 2.24. The highest BCUT2D eigenvalue weighted by molar-refractivity contribution is 7.92. The van der Waals surface area contributed by atoms with E-state index in [0.717, 1.165) is 16.6 Å². The molecule has 0 saturated carbocycles. The average Bonchev–Trinajstić information content (AvgIpc) is 2.86. The summed E-state index contributed by atoms with van der Waals surface area (Å²) in [5, 5.41) is 14.1. The van der Waals surface area contributed by atoms with Crippen molar-refractivity contribution in [2.24, 2.45) is 0 Å². The first-order valence-electron chi connectivity index (χ1n) is 11.9. The Morgan fingerprint density at radius 3 is 2.35 bits per heavy atom. The normalized spacial score (nSPS) is 12.8. The molecule has 0 aliphatic heterocycles. The molecule has 2 rings (SSSR count). The maximum Gasteiger partial charge on any atom is 0.271 e. The standard InChI is InChI=1S/C25H34N4O7S/c1-6-18(3)26-25(31)23(7-2)27(16-19-10-8-13-22(14-19)36-4)24(30)17-28(37(5,34)35)20-11-9-12-21(15-20)29(32)33/h8-15,18,23H,6-7,16-17H2,1-5H3,(H,26,31)/t18-,23-/m1/s1. The quantitative estimate of drug-likeness (QED) is 0.308. The molecule has 0 radical (unpaired) electrons. The first kappa shape index (κ1) is 29.6. The number of amides is 2. The Kier molecular flexibility index (Phi) is 10.4. The van der Waals surface area contributed by atoms with Gasteiger partial charge in [0.05, 0.1) is 24.0 Å². The van der Waals surface area contributed by atoms with Crippen LogP contribution in [0, 0.1) is 10.1 Å². The van der Waals surface area contributed by atoms with Gasteiger partial charge in [0, 0.05) is 24.7 Å². The van der Waals surface area contributed by atoms with Crippen LogP contribution in [0.4, 0.5) is 11.4 Å². The molecule has 11 nitrogen and oxygen atoms in total. The zero-order valence-electron chi connectivity index (χ0n) is 21.7. The summed E-state index contributed by atoms with van der Waals surface area (Å²) < 4.78 is 31.4.